The number of rotatable bonds is 10. The molecule has 3 aromatic heterocycles. The summed E-state index contributed by atoms with van der Waals surface area (Å²) in [5, 5.41) is 18.6. The number of hydrogen-bond donors (Lipinski definition) is 5. The smallest absolute Gasteiger partial charge is 0.350 e. The molecule has 0 aliphatic rings. The highest BCUT2D eigenvalue weighted by molar-refractivity contribution is 7.93. The predicted molar refractivity (Wildman–Crippen MR) is 270 cm³/mol. The maximum Gasteiger partial charge on any atom is 0.350 e. The van der Waals surface area contributed by atoms with E-state index in [4.69, 9.17) is 39.8 Å². The number of carbonyl (C=O) groups excluding carboxylic acids is 1. The lowest BCUT2D eigenvalue weighted by atomic mass is 10.2. The second-order valence-electron chi connectivity index (χ2n) is 13.6. The number of aromatic carboxylic acids is 2. The van der Waals surface area contributed by atoms with Crippen LogP contribution < -0.4 is 16.2 Å². The number of carboxylic acid groups (broad SMARTS) is 2. The molecule has 3 heterocycles. The van der Waals surface area contributed by atoms with Crippen LogP contribution in [0.3, 0.4) is 0 Å². The van der Waals surface area contributed by atoms with Crippen molar-refractivity contribution in [2.24, 2.45) is 0 Å². The zero-order chi connectivity index (χ0) is 48.9. The monoisotopic (exact) mass is 1040 g/mol. The number of nitrogens with two attached hydrogens (primary N) is 2. The summed E-state index contributed by atoms with van der Waals surface area (Å²) in [5.74, 6) is -2.56. The number of carboxylic acids is 2. The third-order valence-corrected chi connectivity index (χ3v) is 15.8. The number of hydrogen-bond acceptors (Lipinski definition) is 13. The number of esters is 1. The topological polar surface area (TPSA) is 233 Å². The van der Waals surface area contributed by atoms with Gasteiger partial charge in [-0.05, 0) is 59.2 Å². The molecule has 7 N–H and O–H groups in total. The molecule has 8 rings (SSSR count). The Hall–Kier alpha value is -6.51. The highest BCUT2D eigenvalue weighted by Crippen LogP contribution is 2.37. The van der Waals surface area contributed by atoms with E-state index in [-0.39, 0.29) is 41.2 Å². The van der Waals surface area contributed by atoms with Crippen molar-refractivity contribution in [2.45, 2.75) is 9.79 Å². The molecular weight excluding hydrogens is 998 g/mol. The number of benzene rings is 5. The fourth-order valence-electron chi connectivity index (χ4n) is 5.70. The summed E-state index contributed by atoms with van der Waals surface area (Å²) >= 11 is 15.1. The van der Waals surface area contributed by atoms with Crippen molar-refractivity contribution in [3.63, 3.8) is 0 Å². The molecule has 13 nitrogen and oxygen atoms in total. The summed E-state index contributed by atoms with van der Waals surface area (Å²) in [6.07, 6.45) is 1.13. The van der Waals surface area contributed by atoms with Gasteiger partial charge < -0.3 is 26.4 Å². The molecule has 0 aliphatic heterocycles. The van der Waals surface area contributed by atoms with E-state index in [2.05, 4.69) is 9.46 Å². The normalized spacial score (nSPS) is 10.7. The van der Waals surface area contributed by atoms with Crippen molar-refractivity contribution < 1.29 is 46.2 Å². The SMILES string of the molecule is COC(=O)c1sc(-c2ccccc2)cc1N.CS(=O)(=O)c1ccccc1Cl.Nc1cc(-c2ccccc2)sc1C(=O)O.O=C(O)c1sc(-c2ccccc2)cc1NS(=O)(=O)c1ccccc1Cl. The van der Waals surface area contributed by atoms with Gasteiger partial charge in [0, 0.05) is 20.9 Å². The Bertz CT molecular complexity index is 3220. The zero-order valence-corrected chi connectivity index (χ0v) is 40.7. The number of sulfonamides is 1. The molecule has 0 fully saturated rings. The first-order chi connectivity index (χ1) is 31.8. The van der Waals surface area contributed by atoms with Gasteiger partial charge in [-0.15, -0.1) is 34.0 Å². The van der Waals surface area contributed by atoms with Gasteiger partial charge in [-0.3, -0.25) is 4.72 Å². The molecule has 0 saturated carbocycles. The van der Waals surface area contributed by atoms with Crippen LogP contribution in [0.2, 0.25) is 10.0 Å². The van der Waals surface area contributed by atoms with Crippen LogP contribution >= 0.6 is 57.2 Å². The van der Waals surface area contributed by atoms with E-state index in [0.717, 1.165) is 44.0 Å². The number of nitrogen functional groups attached to an aromatic ring is 2. The summed E-state index contributed by atoms with van der Waals surface area (Å²) in [4.78, 5) is 36.8. The summed E-state index contributed by atoms with van der Waals surface area (Å²) in [6.45, 7) is 0. The standard InChI is InChI=1S/C17H12ClNO4S2.C12H11NO2S.C11H9NO2S.C7H7ClO2S/c18-12-8-4-5-9-15(12)25(22,23)19-13-10-14(24-16(13)17(20)21)11-6-2-1-3-7-11;1-15-12(14)11-9(13)7-10(16-11)8-5-3-2-4-6-8;12-8-6-9(15-10(8)11(13)14)7-4-2-1-3-5-7;1-11(9,10)7-5-3-2-4-6(7)8/h1-10,19H,(H,20,21);2-7H,13H2,1H3;1-6H,12H2,(H,13,14);2-5H,1H3. The number of nitrogens with one attached hydrogen (secondary N) is 1. The van der Waals surface area contributed by atoms with E-state index < -0.39 is 31.8 Å². The number of thiophene rings is 3. The number of ether oxygens (including phenoxy) is 1. The van der Waals surface area contributed by atoms with Crippen LogP contribution in [0, 0.1) is 0 Å². The molecule has 5 aromatic carbocycles. The van der Waals surface area contributed by atoms with Gasteiger partial charge >= 0.3 is 17.9 Å². The van der Waals surface area contributed by atoms with Crippen LogP contribution in [-0.4, -0.2) is 58.3 Å². The van der Waals surface area contributed by atoms with Gasteiger partial charge in [0.1, 0.15) is 19.5 Å². The lowest BCUT2D eigenvalue weighted by molar-refractivity contribution is 0.0605. The minimum Gasteiger partial charge on any atom is -0.477 e. The first kappa shape index (κ1) is 51.5. The van der Waals surface area contributed by atoms with Crippen molar-refractivity contribution >= 4 is 112 Å². The van der Waals surface area contributed by atoms with E-state index in [1.54, 1.807) is 42.5 Å². The van der Waals surface area contributed by atoms with Gasteiger partial charge in [0.25, 0.3) is 10.0 Å². The fourth-order valence-corrected chi connectivity index (χ4v) is 11.5. The van der Waals surface area contributed by atoms with Crippen molar-refractivity contribution in [1.82, 2.24) is 0 Å². The van der Waals surface area contributed by atoms with Crippen LogP contribution in [0.15, 0.2) is 168 Å². The van der Waals surface area contributed by atoms with E-state index in [9.17, 15) is 36.3 Å². The summed E-state index contributed by atoms with van der Waals surface area (Å²) < 4.78 is 54.0. The number of methoxy groups -OCH3 is 1. The quantitative estimate of drug-likeness (QED) is 0.0805. The molecule has 0 bridgehead atoms. The van der Waals surface area contributed by atoms with Crippen molar-refractivity contribution in [2.75, 3.05) is 29.6 Å². The van der Waals surface area contributed by atoms with Crippen molar-refractivity contribution in [1.29, 1.82) is 0 Å². The van der Waals surface area contributed by atoms with Crippen molar-refractivity contribution in [3.05, 3.63) is 182 Å². The van der Waals surface area contributed by atoms with Gasteiger partial charge in [-0.25, -0.2) is 31.2 Å². The van der Waals surface area contributed by atoms with E-state index in [1.165, 1.54) is 54.0 Å². The maximum absolute atomic E-state index is 12.6. The van der Waals surface area contributed by atoms with Crippen LogP contribution in [-0.2, 0) is 24.6 Å². The molecule has 0 radical (unpaired) electrons. The number of anilines is 3. The Morgan fingerprint density at radius 2 is 0.896 bits per heavy atom. The number of sulfone groups is 1. The molecule has 0 spiro atoms. The molecular formula is C47H39Cl2N3O10S5. The first-order valence-electron chi connectivity index (χ1n) is 19.2. The lowest BCUT2D eigenvalue weighted by Crippen LogP contribution is -2.14. The van der Waals surface area contributed by atoms with Gasteiger partial charge in [-0.1, -0.05) is 138 Å². The molecule has 346 valence electrons. The van der Waals surface area contributed by atoms with E-state index in [0.29, 0.717) is 21.1 Å². The molecule has 67 heavy (non-hydrogen) atoms. The lowest BCUT2D eigenvalue weighted by Gasteiger charge is -2.08. The average molecular weight is 1040 g/mol. The molecule has 8 aromatic rings. The fraction of sp³-hybridized carbons (Fsp3) is 0.0426. The minimum atomic E-state index is -4.01. The van der Waals surface area contributed by atoms with Crippen LogP contribution in [0.1, 0.15) is 29.0 Å². The van der Waals surface area contributed by atoms with E-state index >= 15 is 0 Å². The number of carbonyl (C=O) groups is 3. The molecule has 0 unspecified atom stereocenters. The Kier molecular flexibility index (Phi) is 17.9. The molecule has 20 heteroatoms. The summed E-state index contributed by atoms with van der Waals surface area (Å²) in [5.41, 5.74) is 15.0. The molecule has 0 saturated heterocycles. The Labute approximate surface area is 408 Å². The van der Waals surface area contributed by atoms with Gasteiger partial charge in [0.15, 0.2) is 9.84 Å². The van der Waals surface area contributed by atoms with Crippen LogP contribution in [0.5, 0.6) is 0 Å². The Morgan fingerprint density at radius 3 is 1.27 bits per heavy atom. The minimum absolute atomic E-state index is 0.0104. The third-order valence-electron chi connectivity index (χ3n) is 8.79. The largest absolute Gasteiger partial charge is 0.477 e. The van der Waals surface area contributed by atoms with Gasteiger partial charge in [0.2, 0.25) is 0 Å². The van der Waals surface area contributed by atoms with Gasteiger partial charge in [-0.2, -0.15) is 0 Å². The van der Waals surface area contributed by atoms with Crippen LogP contribution in [0.4, 0.5) is 17.1 Å². The average Bonchev–Trinajstić information content (AvgIpc) is 4.04. The van der Waals surface area contributed by atoms with Crippen molar-refractivity contribution in [3.8, 4) is 31.3 Å². The molecule has 0 atom stereocenters. The predicted octanol–water partition coefficient (Wildman–Crippen LogP) is 11.8. The first-order valence-corrected chi connectivity index (χ1v) is 25.7. The molecule has 0 aliphatic carbocycles. The number of halogens is 2. The maximum atomic E-state index is 12.6. The van der Waals surface area contributed by atoms with E-state index in [1.807, 2.05) is 91.0 Å². The Morgan fingerprint density at radius 1 is 0.537 bits per heavy atom. The second-order valence-corrected chi connectivity index (χ2v) is 21.2. The summed E-state index contributed by atoms with van der Waals surface area (Å²) in [7, 11) is -5.82. The van der Waals surface area contributed by atoms with Crippen LogP contribution in [0.25, 0.3) is 31.3 Å². The summed E-state index contributed by atoms with van der Waals surface area (Å²) in [6, 6.07) is 45.9. The molecule has 0 amide bonds. The highest BCUT2D eigenvalue weighted by atomic mass is 35.5. The van der Waals surface area contributed by atoms with Gasteiger partial charge in [0.05, 0.1) is 39.1 Å². The Balaban J connectivity index is 0.000000175. The zero-order valence-electron chi connectivity index (χ0n) is 35.1. The third kappa shape index (κ3) is 14.0. The highest BCUT2D eigenvalue weighted by Gasteiger charge is 2.24. The second kappa shape index (κ2) is 23.3.